The summed E-state index contributed by atoms with van der Waals surface area (Å²) in [5.41, 5.74) is 6.15. The van der Waals surface area contributed by atoms with E-state index in [0.717, 1.165) is 50.3 Å². The van der Waals surface area contributed by atoms with E-state index < -0.39 is 11.7 Å². The average Bonchev–Trinajstić information content (AvgIpc) is 3.57. The van der Waals surface area contributed by atoms with Crippen LogP contribution in [0, 0.1) is 5.92 Å². The third kappa shape index (κ3) is 7.99. The summed E-state index contributed by atoms with van der Waals surface area (Å²) in [6.07, 6.45) is 4.67. The number of halogens is 3. The van der Waals surface area contributed by atoms with Crippen molar-refractivity contribution in [3.8, 4) is 0 Å². The SMILES string of the molecule is CCCC(CCC)N/C=C(\C(N)=N\c1ncc(C(F)(F)F)c(NCCCN2CCNC2=O)n1)C1CC1. The summed E-state index contributed by atoms with van der Waals surface area (Å²) in [5.74, 6) is 0.00517. The average molecular weight is 511 g/mol. The van der Waals surface area contributed by atoms with Crippen LogP contribution in [0.4, 0.5) is 29.7 Å². The van der Waals surface area contributed by atoms with Crippen LogP contribution < -0.4 is 21.7 Å². The molecule has 2 amide bonds. The molecule has 1 aliphatic carbocycles. The van der Waals surface area contributed by atoms with Crippen LogP contribution in [0.25, 0.3) is 0 Å². The molecule has 3 rings (SSSR count). The van der Waals surface area contributed by atoms with Gasteiger partial charge in [0, 0.05) is 50.2 Å². The van der Waals surface area contributed by atoms with Gasteiger partial charge in [0.25, 0.3) is 5.95 Å². The highest BCUT2D eigenvalue weighted by molar-refractivity contribution is 5.99. The van der Waals surface area contributed by atoms with Gasteiger partial charge in [-0.3, -0.25) is 0 Å². The summed E-state index contributed by atoms with van der Waals surface area (Å²) in [6.45, 7) is 6.08. The van der Waals surface area contributed by atoms with Gasteiger partial charge in [-0.1, -0.05) is 26.7 Å². The number of carbonyl (C=O) groups is 1. The molecule has 0 bridgehead atoms. The molecule has 9 nitrogen and oxygen atoms in total. The molecule has 1 aromatic rings. The van der Waals surface area contributed by atoms with Crippen LogP contribution in [0.15, 0.2) is 23.0 Å². The van der Waals surface area contributed by atoms with Gasteiger partial charge >= 0.3 is 12.2 Å². The summed E-state index contributed by atoms with van der Waals surface area (Å²) in [5, 5.41) is 8.88. The molecule has 1 aliphatic heterocycles. The fraction of sp³-hybridized carbons (Fsp3) is 0.667. The number of amidine groups is 1. The number of anilines is 1. The van der Waals surface area contributed by atoms with E-state index in [1.807, 2.05) is 6.20 Å². The van der Waals surface area contributed by atoms with Crippen molar-refractivity contribution in [2.75, 3.05) is 31.5 Å². The standard InChI is InChI=1S/C24H37F3N8O/c1-3-6-17(7-4-2)31-14-18(16-8-9-16)20(28)33-22-32-15-19(24(25,26)27)21(34-22)29-10-5-12-35-13-11-30-23(35)36/h14-17,31H,3-13H2,1-2H3,(H,30,36)(H3,28,29,32,33,34)/b18-14-. The van der Waals surface area contributed by atoms with Gasteiger partial charge in [-0.25, -0.2) is 9.78 Å². The second-order valence-electron chi connectivity index (χ2n) is 9.24. The van der Waals surface area contributed by atoms with Crippen molar-refractivity contribution in [2.45, 2.75) is 71.0 Å². The first kappa shape index (κ1) is 27.5. The zero-order valence-electron chi connectivity index (χ0n) is 21.0. The van der Waals surface area contributed by atoms with Gasteiger partial charge in [-0.2, -0.15) is 23.1 Å². The number of nitrogens with zero attached hydrogens (tertiary/aromatic N) is 4. The maximum absolute atomic E-state index is 13.5. The second kappa shape index (κ2) is 12.8. The maximum atomic E-state index is 13.5. The quantitative estimate of drug-likeness (QED) is 0.169. The van der Waals surface area contributed by atoms with Crippen LogP contribution in [0.2, 0.25) is 0 Å². The molecule has 2 fully saturated rings. The number of aromatic nitrogens is 2. The third-order valence-electron chi connectivity index (χ3n) is 6.21. The number of nitrogens with one attached hydrogen (secondary N) is 3. The number of nitrogens with two attached hydrogens (primary N) is 1. The zero-order valence-corrected chi connectivity index (χ0v) is 21.0. The fourth-order valence-corrected chi connectivity index (χ4v) is 4.15. The predicted molar refractivity (Wildman–Crippen MR) is 134 cm³/mol. The molecular weight excluding hydrogens is 473 g/mol. The van der Waals surface area contributed by atoms with E-state index >= 15 is 0 Å². The van der Waals surface area contributed by atoms with E-state index in [-0.39, 0.29) is 36.1 Å². The van der Waals surface area contributed by atoms with Gasteiger partial charge in [0.2, 0.25) is 0 Å². The Kier molecular flexibility index (Phi) is 9.77. The molecule has 1 saturated heterocycles. The summed E-state index contributed by atoms with van der Waals surface area (Å²) in [4.78, 5) is 25.4. The van der Waals surface area contributed by atoms with Crippen molar-refractivity contribution in [2.24, 2.45) is 16.6 Å². The maximum Gasteiger partial charge on any atom is 0.421 e. The Morgan fingerprint density at radius 1 is 1.33 bits per heavy atom. The van der Waals surface area contributed by atoms with Crippen LogP contribution in [0.3, 0.4) is 0 Å². The molecule has 2 heterocycles. The van der Waals surface area contributed by atoms with Gasteiger partial charge in [0.15, 0.2) is 0 Å². The molecular formula is C24H37F3N8O. The first-order valence-electron chi connectivity index (χ1n) is 12.7. The van der Waals surface area contributed by atoms with Crippen molar-refractivity contribution in [3.63, 3.8) is 0 Å². The van der Waals surface area contributed by atoms with E-state index in [1.165, 1.54) is 0 Å². The second-order valence-corrected chi connectivity index (χ2v) is 9.24. The largest absolute Gasteiger partial charge is 0.421 e. The summed E-state index contributed by atoms with van der Waals surface area (Å²) in [7, 11) is 0. The van der Waals surface area contributed by atoms with E-state index in [2.05, 4.69) is 44.8 Å². The lowest BCUT2D eigenvalue weighted by atomic mass is 10.1. The van der Waals surface area contributed by atoms with E-state index in [4.69, 9.17) is 5.73 Å². The zero-order chi connectivity index (χ0) is 26.1. The first-order chi connectivity index (χ1) is 17.2. The normalized spacial score (nSPS) is 17.1. The molecule has 0 aromatic carbocycles. The number of alkyl halides is 3. The molecule has 1 aromatic heterocycles. The molecule has 5 N–H and O–H groups in total. The number of aliphatic imine (C=N–C) groups is 1. The Hall–Kier alpha value is -3.05. The van der Waals surface area contributed by atoms with E-state index in [0.29, 0.717) is 32.1 Å². The third-order valence-corrected chi connectivity index (χ3v) is 6.21. The van der Waals surface area contributed by atoms with Gasteiger partial charge < -0.3 is 26.6 Å². The molecule has 0 radical (unpaired) electrons. The van der Waals surface area contributed by atoms with Crippen LogP contribution in [-0.4, -0.2) is 59.0 Å². The molecule has 2 aliphatic rings. The van der Waals surface area contributed by atoms with Crippen LogP contribution in [-0.2, 0) is 6.18 Å². The van der Waals surface area contributed by atoms with Gasteiger partial charge in [-0.15, -0.1) is 0 Å². The fourth-order valence-electron chi connectivity index (χ4n) is 4.15. The highest BCUT2D eigenvalue weighted by Gasteiger charge is 2.35. The minimum atomic E-state index is -4.62. The lowest BCUT2D eigenvalue weighted by molar-refractivity contribution is -0.137. The Bertz CT molecular complexity index is 940. The number of carbonyl (C=O) groups excluding carboxylic acids is 1. The number of hydrogen-bond donors (Lipinski definition) is 4. The summed E-state index contributed by atoms with van der Waals surface area (Å²) >= 11 is 0. The molecule has 0 spiro atoms. The van der Waals surface area contributed by atoms with Gasteiger partial charge in [-0.05, 0) is 38.0 Å². The Labute approximate surface area is 210 Å². The monoisotopic (exact) mass is 510 g/mol. The Balaban J connectivity index is 1.73. The van der Waals surface area contributed by atoms with E-state index in [9.17, 15) is 18.0 Å². The van der Waals surface area contributed by atoms with Crippen molar-refractivity contribution in [1.29, 1.82) is 0 Å². The number of amides is 2. The van der Waals surface area contributed by atoms with Crippen LogP contribution in [0.1, 0.15) is 64.4 Å². The first-order valence-corrected chi connectivity index (χ1v) is 12.7. The van der Waals surface area contributed by atoms with Crippen molar-refractivity contribution < 1.29 is 18.0 Å². The molecule has 0 atom stereocenters. The lowest BCUT2D eigenvalue weighted by Crippen LogP contribution is -2.30. The molecule has 12 heteroatoms. The van der Waals surface area contributed by atoms with Gasteiger partial charge in [0.05, 0.1) is 0 Å². The van der Waals surface area contributed by atoms with Crippen LogP contribution >= 0.6 is 0 Å². The smallest absolute Gasteiger partial charge is 0.388 e. The summed E-state index contributed by atoms with van der Waals surface area (Å²) in [6, 6.07) is 0.177. The Morgan fingerprint density at radius 2 is 2.06 bits per heavy atom. The van der Waals surface area contributed by atoms with E-state index in [1.54, 1.807) is 4.90 Å². The Morgan fingerprint density at radius 3 is 2.64 bits per heavy atom. The minimum Gasteiger partial charge on any atom is -0.388 e. The van der Waals surface area contributed by atoms with Crippen molar-refractivity contribution in [1.82, 2.24) is 25.5 Å². The highest BCUT2D eigenvalue weighted by Crippen LogP contribution is 2.37. The predicted octanol–water partition coefficient (Wildman–Crippen LogP) is 4.16. The molecule has 36 heavy (non-hydrogen) atoms. The number of rotatable bonds is 14. The van der Waals surface area contributed by atoms with Crippen molar-refractivity contribution >= 4 is 23.6 Å². The molecule has 0 unspecified atom stereocenters. The molecule has 200 valence electrons. The van der Waals surface area contributed by atoms with Crippen molar-refractivity contribution in [3.05, 3.63) is 23.5 Å². The molecule has 1 saturated carbocycles. The number of hydrogen-bond acceptors (Lipinski definition) is 6. The van der Waals surface area contributed by atoms with Crippen LogP contribution in [0.5, 0.6) is 0 Å². The topological polar surface area (TPSA) is 121 Å². The number of urea groups is 1. The minimum absolute atomic E-state index is 0.132. The summed E-state index contributed by atoms with van der Waals surface area (Å²) < 4.78 is 40.6. The highest BCUT2D eigenvalue weighted by atomic mass is 19.4. The van der Waals surface area contributed by atoms with Gasteiger partial charge in [0.1, 0.15) is 17.2 Å². The lowest BCUT2D eigenvalue weighted by Gasteiger charge is -2.17.